The van der Waals surface area contributed by atoms with Crippen LogP contribution in [0, 0.1) is 0 Å². The van der Waals surface area contributed by atoms with Crippen LogP contribution in [-0.2, 0) is 0 Å². The molecule has 2 rings (SSSR count). The summed E-state index contributed by atoms with van der Waals surface area (Å²) in [6.45, 7) is 4.49. The Balaban J connectivity index is 2.18. The van der Waals surface area contributed by atoms with Crippen molar-refractivity contribution in [3.8, 4) is 0 Å². The van der Waals surface area contributed by atoms with Crippen molar-refractivity contribution in [1.82, 2.24) is 4.57 Å². The van der Waals surface area contributed by atoms with E-state index in [9.17, 15) is 0 Å². The van der Waals surface area contributed by atoms with Gasteiger partial charge in [-0.2, -0.15) is 0 Å². The molecular formula is C10H15N. The minimum atomic E-state index is 0.676. The summed E-state index contributed by atoms with van der Waals surface area (Å²) in [7, 11) is 0. The molecule has 1 nitrogen and oxygen atoms in total. The van der Waals surface area contributed by atoms with E-state index in [4.69, 9.17) is 0 Å². The van der Waals surface area contributed by atoms with E-state index in [1.165, 1.54) is 18.4 Å². The van der Waals surface area contributed by atoms with E-state index in [2.05, 4.69) is 36.9 Å². The highest BCUT2D eigenvalue weighted by atomic mass is 15.0. The number of hydrogen-bond donors (Lipinski definition) is 0. The third-order valence-corrected chi connectivity index (χ3v) is 2.37. The van der Waals surface area contributed by atoms with Gasteiger partial charge in [0.05, 0.1) is 0 Å². The van der Waals surface area contributed by atoms with E-state index in [0.29, 0.717) is 5.92 Å². The lowest BCUT2D eigenvalue weighted by Crippen LogP contribution is -1.88. The number of nitrogens with zero attached hydrogens (tertiary/aromatic N) is 1. The first kappa shape index (κ1) is 6.96. The van der Waals surface area contributed by atoms with Crippen LogP contribution >= 0.6 is 0 Å². The Kier molecular flexibility index (Phi) is 1.52. The third kappa shape index (κ3) is 1.32. The molecule has 1 aliphatic rings. The Hall–Kier alpha value is -0.720. The molecule has 11 heavy (non-hydrogen) atoms. The van der Waals surface area contributed by atoms with Gasteiger partial charge in [-0.25, -0.2) is 0 Å². The lowest BCUT2D eigenvalue weighted by molar-refractivity contribution is 0.739. The van der Waals surface area contributed by atoms with Crippen LogP contribution in [0.5, 0.6) is 0 Å². The van der Waals surface area contributed by atoms with Crippen molar-refractivity contribution < 1.29 is 0 Å². The Morgan fingerprint density at radius 2 is 2.18 bits per heavy atom. The fourth-order valence-electron chi connectivity index (χ4n) is 1.37. The molecule has 1 aromatic rings. The Labute approximate surface area is 68.0 Å². The van der Waals surface area contributed by atoms with Gasteiger partial charge in [0.2, 0.25) is 0 Å². The predicted octanol–water partition coefficient (Wildman–Crippen LogP) is 2.95. The molecule has 1 saturated carbocycles. The Morgan fingerprint density at radius 1 is 1.45 bits per heavy atom. The fraction of sp³-hybridized carbons (Fsp3) is 0.600. The number of hydrogen-bond acceptors (Lipinski definition) is 0. The van der Waals surface area contributed by atoms with Crippen LogP contribution in [0.25, 0.3) is 0 Å². The topological polar surface area (TPSA) is 4.93 Å². The minimum absolute atomic E-state index is 0.676. The molecule has 0 amide bonds. The van der Waals surface area contributed by atoms with Crippen molar-refractivity contribution >= 4 is 0 Å². The largest absolute Gasteiger partial charge is 0.351 e. The molecule has 60 valence electrons. The van der Waals surface area contributed by atoms with E-state index in [1.807, 2.05) is 0 Å². The van der Waals surface area contributed by atoms with Gasteiger partial charge in [0.15, 0.2) is 0 Å². The Bertz CT molecular complexity index is 227. The summed E-state index contributed by atoms with van der Waals surface area (Å²) in [5.74, 6) is 0.676. The van der Waals surface area contributed by atoms with Crippen molar-refractivity contribution in [3.63, 3.8) is 0 Å². The van der Waals surface area contributed by atoms with Gasteiger partial charge >= 0.3 is 0 Å². The smallest absolute Gasteiger partial charge is 0.0332 e. The van der Waals surface area contributed by atoms with Crippen LogP contribution in [0.2, 0.25) is 0 Å². The van der Waals surface area contributed by atoms with Crippen LogP contribution in [0.1, 0.15) is 44.2 Å². The van der Waals surface area contributed by atoms with Crippen LogP contribution < -0.4 is 0 Å². The Morgan fingerprint density at radius 3 is 2.64 bits per heavy atom. The average Bonchev–Trinajstić information content (AvgIpc) is 2.68. The molecule has 0 aromatic carbocycles. The van der Waals surface area contributed by atoms with Crippen LogP contribution in [-0.4, -0.2) is 4.57 Å². The average molecular weight is 149 g/mol. The monoisotopic (exact) mass is 149 g/mol. The lowest BCUT2D eigenvalue weighted by atomic mass is 10.1. The van der Waals surface area contributed by atoms with Gasteiger partial charge in [-0.15, -0.1) is 0 Å². The number of aromatic nitrogens is 1. The SMILES string of the molecule is CC(C)c1ccn(C2CC2)c1. The zero-order valence-electron chi connectivity index (χ0n) is 7.25. The molecule has 0 N–H and O–H groups in total. The molecule has 0 saturated heterocycles. The quantitative estimate of drug-likeness (QED) is 0.609. The molecule has 1 heterocycles. The molecule has 1 fully saturated rings. The van der Waals surface area contributed by atoms with Crippen molar-refractivity contribution in [3.05, 3.63) is 24.0 Å². The second kappa shape index (κ2) is 2.40. The van der Waals surface area contributed by atoms with Gasteiger partial charge in [-0.05, 0) is 30.4 Å². The summed E-state index contributed by atoms with van der Waals surface area (Å²) in [6.07, 6.45) is 7.27. The van der Waals surface area contributed by atoms with E-state index in [-0.39, 0.29) is 0 Å². The molecule has 0 radical (unpaired) electrons. The van der Waals surface area contributed by atoms with Gasteiger partial charge < -0.3 is 4.57 Å². The lowest BCUT2D eigenvalue weighted by Gasteiger charge is -1.99. The molecule has 1 heteroatoms. The summed E-state index contributed by atoms with van der Waals surface area (Å²) < 4.78 is 2.36. The zero-order chi connectivity index (χ0) is 7.84. The van der Waals surface area contributed by atoms with Crippen molar-refractivity contribution in [2.75, 3.05) is 0 Å². The van der Waals surface area contributed by atoms with E-state index >= 15 is 0 Å². The molecule has 0 bridgehead atoms. The zero-order valence-corrected chi connectivity index (χ0v) is 7.25. The van der Waals surface area contributed by atoms with Crippen LogP contribution in [0.4, 0.5) is 0 Å². The maximum absolute atomic E-state index is 2.36. The maximum atomic E-state index is 2.36. The summed E-state index contributed by atoms with van der Waals surface area (Å²) in [4.78, 5) is 0. The summed E-state index contributed by atoms with van der Waals surface area (Å²) in [5.41, 5.74) is 1.47. The van der Waals surface area contributed by atoms with Crippen molar-refractivity contribution in [2.45, 2.75) is 38.6 Å². The van der Waals surface area contributed by atoms with Crippen LogP contribution in [0.15, 0.2) is 18.5 Å². The molecule has 1 aliphatic carbocycles. The summed E-state index contributed by atoms with van der Waals surface area (Å²) >= 11 is 0. The van der Waals surface area contributed by atoms with E-state index in [0.717, 1.165) is 6.04 Å². The normalized spacial score (nSPS) is 17.7. The standard InChI is InChI=1S/C10H15N/c1-8(2)9-5-6-11(7-9)10-3-4-10/h5-8,10H,3-4H2,1-2H3. The van der Waals surface area contributed by atoms with Crippen LogP contribution in [0.3, 0.4) is 0 Å². The summed E-state index contributed by atoms with van der Waals surface area (Å²) in [6, 6.07) is 3.07. The van der Waals surface area contributed by atoms with Crippen molar-refractivity contribution in [1.29, 1.82) is 0 Å². The second-order valence-corrected chi connectivity index (χ2v) is 3.78. The predicted molar refractivity (Wildman–Crippen MR) is 46.8 cm³/mol. The van der Waals surface area contributed by atoms with Crippen molar-refractivity contribution in [2.24, 2.45) is 0 Å². The fourth-order valence-corrected chi connectivity index (χ4v) is 1.37. The highest BCUT2D eigenvalue weighted by Crippen LogP contribution is 2.35. The first-order valence-electron chi connectivity index (χ1n) is 4.45. The van der Waals surface area contributed by atoms with Gasteiger partial charge in [-0.3, -0.25) is 0 Å². The van der Waals surface area contributed by atoms with Gasteiger partial charge in [0, 0.05) is 18.4 Å². The first-order chi connectivity index (χ1) is 5.27. The molecule has 0 spiro atoms. The van der Waals surface area contributed by atoms with E-state index < -0.39 is 0 Å². The molecule has 1 aromatic heterocycles. The van der Waals surface area contributed by atoms with Gasteiger partial charge in [0.1, 0.15) is 0 Å². The first-order valence-corrected chi connectivity index (χ1v) is 4.45. The minimum Gasteiger partial charge on any atom is -0.351 e. The second-order valence-electron chi connectivity index (χ2n) is 3.78. The highest BCUT2D eigenvalue weighted by Gasteiger charge is 2.22. The molecule has 0 unspecified atom stereocenters. The highest BCUT2D eigenvalue weighted by molar-refractivity contribution is 5.15. The molecule has 0 aliphatic heterocycles. The van der Waals surface area contributed by atoms with Gasteiger partial charge in [-0.1, -0.05) is 13.8 Å². The number of rotatable bonds is 2. The molecule has 0 atom stereocenters. The van der Waals surface area contributed by atoms with Gasteiger partial charge in [0.25, 0.3) is 0 Å². The third-order valence-electron chi connectivity index (χ3n) is 2.37. The van der Waals surface area contributed by atoms with E-state index in [1.54, 1.807) is 0 Å². The maximum Gasteiger partial charge on any atom is 0.0332 e. The summed E-state index contributed by atoms with van der Waals surface area (Å²) in [5, 5.41) is 0. The molecular weight excluding hydrogens is 134 g/mol.